The van der Waals surface area contributed by atoms with E-state index < -0.39 is 0 Å². The summed E-state index contributed by atoms with van der Waals surface area (Å²) in [6, 6.07) is 19.1. The molecule has 0 bridgehead atoms. The van der Waals surface area contributed by atoms with Crippen molar-refractivity contribution in [2.75, 3.05) is 0 Å². The van der Waals surface area contributed by atoms with Crippen LogP contribution in [0, 0.1) is 6.92 Å². The van der Waals surface area contributed by atoms with Crippen LogP contribution in [0.4, 0.5) is 0 Å². The van der Waals surface area contributed by atoms with Crippen LogP contribution in [0.25, 0.3) is 16.9 Å². The maximum atomic E-state index is 4.78. The monoisotopic (exact) mass is 278 g/mol. The Hall–Kier alpha value is -2.42. The number of hydrogen-bond acceptors (Lipinski definition) is 1. The summed E-state index contributed by atoms with van der Waals surface area (Å²) in [4.78, 5) is 1.98. The van der Waals surface area contributed by atoms with Crippen LogP contribution >= 0.6 is 0 Å². The van der Waals surface area contributed by atoms with Crippen molar-refractivity contribution in [1.82, 2.24) is 9.90 Å². The Morgan fingerprint density at radius 2 is 1.62 bits per heavy atom. The van der Waals surface area contributed by atoms with Gasteiger partial charge in [-0.2, -0.15) is 4.68 Å². The van der Waals surface area contributed by atoms with Gasteiger partial charge in [-0.05, 0) is 37.7 Å². The van der Waals surface area contributed by atoms with E-state index in [0.717, 1.165) is 16.9 Å². The molecule has 0 aliphatic carbocycles. The van der Waals surface area contributed by atoms with Gasteiger partial charge in [0.2, 0.25) is 5.69 Å². The zero-order valence-electron chi connectivity index (χ0n) is 12.7. The van der Waals surface area contributed by atoms with Gasteiger partial charge in [0.05, 0.1) is 5.10 Å². The van der Waals surface area contributed by atoms with Gasteiger partial charge in [0.1, 0.15) is 11.7 Å². The standard InChI is InChI=1S/C18H20N3/c1-14(2)20-13-18(16-7-5-4-6-8-16)19-21(20)17-11-9-15(3)10-12-17/h4-14H,1-3H3/q+1. The van der Waals surface area contributed by atoms with Crippen LogP contribution in [-0.2, 0) is 0 Å². The van der Waals surface area contributed by atoms with E-state index in [1.807, 2.05) is 23.0 Å². The second-order valence-corrected chi connectivity index (χ2v) is 5.58. The number of rotatable bonds is 3. The third-order valence-corrected chi connectivity index (χ3v) is 3.54. The molecule has 3 nitrogen and oxygen atoms in total. The molecule has 0 aliphatic heterocycles. The lowest BCUT2D eigenvalue weighted by Gasteiger charge is -2.04. The predicted octanol–water partition coefficient (Wildman–Crippen LogP) is 3.72. The Labute approximate surface area is 125 Å². The van der Waals surface area contributed by atoms with Gasteiger partial charge in [-0.3, -0.25) is 0 Å². The first-order valence-electron chi connectivity index (χ1n) is 7.29. The summed E-state index contributed by atoms with van der Waals surface area (Å²) < 4.78 is 2.16. The van der Waals surface area contributed by atoms with Crippen LogP contribution < -0.4 is 4.68 Å². The largest absolute Gasteiger partial charge is 0.249 e. The molecule has 0 unspecified atom stereocenters. The summed E-state index contributed by atoms with van der Waals surface area (Å²) in [5.41, 5.74) is 4.46. The van der Waals surface area contributed by atoms with Gasteiger partial charge in [-0.25, -0.2) is 0 Å². The Morgan fingerprint density at radius 1 is 0.952 bits per heavy atom. The van der Waals surface area contributed by atoms with Gasteiger partial charge in [-0.15, -0.1) is 0 Å². The van der Waals surface area contributed by atoms with Crippen molar-refractivity contribution in [2.24, 2.45) is 0 Å². The van der Waals surface area contributed by atoms with Crippen molar-refractivity contribution in [3.8, 4) is 16.9 Å². The lowest BCUT2D eigenvalue weighted by molar-refractivity contribution is -0.787. The summed E-state index contributed by atoms with van der Waals surface area (Å²) in [7, 11) is 0. The smallest absolute Gasteiger partial charge is 0.153 e. The lowest BCUT2D eigenvalue weighted by Crippen LogP contribution is -2.44. The van der Waals surface area contributed by atoms with E-state index in [9.17, 15) is 0 Å². The molecule has 3 rings (SSSR count). The van der Waals surface area contributed by atoms with Gasteiger partial charge < -0.3 is 0 Å². The lowest BCUT2D eigenvalue weighted by atomic mass is 10.2. The Morgan fingerprint density at radius 3 is 2.24 bits per heavy atom. The first-order valence-corrected chi connectivity index (χ1v) is 7.29. The summed E-state index contributed by atoms with van der Waals surface area (Å²) in [6.07, 6.45) is 2.11. The van der Waals surface area contributed by atoms with Crippen molar-refractivity contribution in [3.63, 3.8) is 0 Å². The van der Waals surface area contributed by atoms with E-state index in [-0.39, 0.29) is 0 Å². The van der Waals surface area contributed by atoms with E-state index in [0.29, 0.717) is 6.04 Å². The molecule has 1 aromatic heterocycles. The maximum absolute atomic E-state index is 4.78. The number of benzene rings is 2. The highest BCUT2D eigenvalue weighted by atomic mass is 15.6. The molecule has 21 heavy (non-hydrogen) atoms. The number of hydrogen-bond donors (Lipinski definition) is 0. The minimum atomic E-state index is 0.344. The number of aryl methyl sites for hydroxylation is 1. The molecular weight excluding hydrogens is 258 g/mol. The van der Waals surface area contributed by atoms with E-state index >= 15 is 0 Å². The van der Waals surface area contributed by atoms with E-state index in [2.05, 4.69) is 68.0 Å². The van der Waals surface area contributed by atoms with Crippen molar-refractivity contribution < 1.29 is 4.68 Å². The normalized spacial score (nSPS) is 11.0. The third-order valence-electron chi connectivity index (χ3n) is 3.54. The van der Waals surface area contributed by atoms with Crippen molar-refractivity contribution >= 4 is 0 Å². The molecule has 3 aromatic rings. The van der Waals surface area contributed by atoms with Gasteiger partial charge >= 0.3 is 0 Å². The van der Waals surface area contributed by atoms with Gasteiger partial charge in [0.15, 0.2) is 6.20 Å². The molecule has 1 heterocycles. The summed E-state index contributed by atoms with van der Waals surface area (Å²) in [5.74, 6) is 0. The van der Waals surface area contributed by atoms with Gasteiger partial charge in [0.25, 0.3) is 0 Å². The molecule has 0 radical (unpaired) electrons. The molecule has 0 N–H and O–H groups in total. The molecular formula is C18H20N3+. The van der Waals surface area contributed by atoms with Crippen LogP contribution in [0.2, 0.25) is 0 Å². The fraction of sp³-hybridized carbons (Fsp3) is 0.222. The Kier molecular flexibility index (Phi) is 3.57. The van der Waals surface area contributed by atoms with Gasteiger partial charge in [0, 0.05) is 5.56 Å². The zero-order valence-corrected chi connectivity index (χ0v) is 12.7. The van der Waals surface area contributed by atoms with Crippen LogP contribution in [0.1, 0.15) is 25.5 Å². The Bertz CT molecular complexity index is 725. The van der Waals surface area contributed by atoms with Crippen molar-refractivity contribution in [1.29, 1.82) is 0 Å². The molecule has 0 fully saturated rings. The first-order chi connectivity index (χ1) is 10.1. The minimum absolute atomic E-state index is 0.344. The topological polar surface area (TPSA) is 21.7 Å². The number of aromatic nitrogens is 3. The summed E-state index contributed by atoms with van der Waals surface area (Å²) in [5, 5.41) is 4.78. The van der Waals surface area contributed by atoms with Crippen molar-refractivity contribution in [2.45, 2.75) is 26.8 Å². The molecule has 0 atom stereocenters. The average molecular weight is 278 g/mol. The molecule has 0 saturated carbocycles. The molecule has 0 spiro atoms. The highest BCUT2D eigenvalue weighted by Gasteiger charge is 2.21. The summed E-state index contributed by atoms with van der Waals surface area (Å²) in [6.45, 7) is 6.43. The zero-order chi connectivity index (χ0) is 14.8. The highest BCUT2D eigenvalue weighted by molar-refractivity contribution is 5.56. The average Bonchev–Trinajstić information content (AvgIpc) is 2.94. The summed E-state index contributed by atoms with van der Waals surface area (Å²) >= 11 is 0. The maximum Gasteiger partial charge on any atom is 0.249 e. The quantitative estimate of drug-likeness (QED) is 0.669. The van der Waals surface area contributed by atoms with Gasteiger partial charge in [-0.1, -0.05) is 48.0 Å². The SMILES string of the molecule is Cc1ccc(-n2nc(-c3ccccc3)c[n+]2C(C)C)cc1. The Balaban J connectivity index is 2.11. The molecule has 0 amide bonds. The fourth-order valence-electron chi connectivity index (χ4n) is 2.34. The van der Waals surface area contributed by atoms with E-state index in [4.69, 9.17) is 5.10 Å². The highest BCUT2D eigenvalue weighted by Crippen LogP contribution is 2.17. The fourth-order valence-corrected chi connectivity index (χ4v) is 2.34. The van der Waals surface area contributed by atoms with Crippen LogP contribution in [-0.4, -0.2) is 9.90 Å². The van der Waals surface area contributed by atoms with E-state index in [1.165, 1.54) is 5.56 Å². The molecule has 0 aliphatic rings. The minimum Gasteiger partial charge on any atom is -0.153 e. The second kappa shape index (κ2) is 5.52. The van der Waals surface area contributed by atoms with Crippen LogP contribution in [0.15, 0.2) is 60.8 Å². The number of nitrogens with zero attached hydrogens (tertiary/aromatic N) is 3. The third kappa shape index (κ3) is 2.72. The molecule has 0 saturated heterocycles. The van der Waals surface area contributed by atoms with Crippen molar-refractivity contribution in [3.05, 3.63) is 66.4 Å². The second-order valence-electron chi connectivity index (χ2n) is 5.58. The predicted molar refractivity (Wildman–Crippen MR) is 84.3 cm³/mol. The first kappa shape index (κ1) is 13.6. The molecule has 3 heteroatoms. The van der Waals surface area contributed by atoms with E-state index in [1.54, 1.807) is 0 Å². The molecule has 106 valence electrons. The van der Waals surface area contributed by atoms with Crippen LogP contribution in [0.5, 0.6) is 0 Å². The van der Waals surface area contributed by atoms with Crippen LogP contribution in [0.3, 0.4) is 0 Å². The molecule has 2 aromatic carbocycles.